The van der Waals surface area contributed by atoms with Crippen molar-refractivity contribution in [3.05, 3.63) is 33.3 Å². The van der Waals surface area contributed by atoms with Crippen molar-refractivity contribution in [2.45, 2.75) is 10.8 Å². The highest BCUT2D eigenvalue weighted by Crippen LogP contribution is 2.35. The van der Waals surface area contributed by atoms with E-state index in [1.165, 1.54) is 30.9 Å². The molecule has 21 heavy (non-hydrogen) atoms. The maximum atomic E-state index is 12.3. The number of sulfonamides is 1. The number of ether oxygens (including phenoxy) is 2. The Balaban J connectivity index is 2.27. The number of methoxy groups -OCH3 is 2. The monoisotopic (exact) mass is 347 g/mol. The Morgan fingerprint density at radius 1 is 1.33 bits per heavy atom. The largest absolute Gasteiger partial charge is 0.494 e. The molecule has 9 heteroatoms. The van der Waals surface area contributed by atoms with E-state index in [4.69, 9.17) is 4.74 Å². The molecule has 0 aromatic carbocycles. The summed E-state index contributed by atoms with van der Waals surface area (Å²) in [6.07, 6.45) is 0. The predicted molar refractivity (Wildman–Crippen MR) is 80.6 cm³/mol. The minimum Gasteiger partial charge on any atom is -0.494 e. The first-order chi connectivity index (χ1) is 9.99. The Morgan fingerprint density at radius 2 is 2.10 bits per heavy atom. The zero-order valence-electron chi connectivity index (χ0n) is 11.3. The topological polar surface area (TPSA) is 81.7 Å². The summed E-state index contributed by atoms with van der Waals surface area (Å²) in [4.78, 5) is 12.5. The van der Waals surface area contributed by atoms with E-state index in [0.717, 1.165) is 16.2 Å². The van der Waals surface area contributed by atoms with Gasteiger partial charge >= 0.3 is 5.97 Å². The highest BCUT2D eigenvalue weighted by molar-refractivity contribution is 7.91. The zero-order chi connectivity index (χ0) is 15.5. The summed E-state index contributed by atoms with van der Waals surface area (Å²) in [5, 5.41) is 3.27. The summed E-state index contributed by atoms with van der Waals surface area (Å²) in [7, 11) is -1.22. The molecular weight excluding hydrogens is 334 g/mol. The highest BCUT2D eigenvalue weighted by Gasteiger charge is 2.27. The van der Waals surface area contributed by atoms with Crippen molar-refractivity contribution >= 4 is 38.7 Å². The van der Waals surface area contributed by atoms with Gasteiger partial charge in [-0.2, -0.15) is 0 Å². The van der Waals surface area contributed by atoms with Gasteiger partial charge in [0.2, 0.25) is 0 Å². The van der Waals surface area contributed by atoms with Crippen LogP contribution in [0.1, 0.15) is 15.2 Å². The van der Waals surface area contributed by atoms with Crippen molar-refractivity contribution in [3.8, 4) is 5.75 Å². The highest BCUT2D eigenvalue weighted by atomic mass is 32.2. The van der Waals surface area contributed by atoms with Crippen molar-refractivity contribution in [1.82, 2.24) is 4.72 Å². The molecule has 2 aromatic heterocycles. The fraction of sp³-hybridized carbons (Fsp3) is 0.250. The van der Waals surface area contributed by atoms with Crippen LogP contribution >= 0.6 is 22.7 Å². The molecule has 0 saturated carbocycles. The van der Waals surface area contributed by atoms with Crippen LogP contribution in [0.25, 0.3) is 0 Å². The summed E-state index contributed by atoms with van der Waals surface area (Å²) in [6, 6.07) is 3.67. The van der Waals surface area contributed by atoms with E-state index in [2.05, 4.69) is 9.46 Å². The second-order valence-electron chi connectivity index (χ2n) is 3.87. The van der Waals surface area contributed by atoms with Gasteiger partial charge in [-0.3, -0.25) is 0 Å². The summed E-state index contributed by atoms with van der Waals surface area (Å²) in [5.41, 5.74) is 0.0986. The minimum atomic E-state index is -3.76. The third-order valence-electron chi connectivity index (χ3n) is 2.58. The van der Waals surface area contributed by atoms with Gasteiger partial charge in [0.05, 0.1) is 14.2 Å². The van der Waals surface area contributed by atoms with Crippen LogP contribution in [0.2, 0.25) is 0 Å². The molecule has 0 atom stereocenters. The normalized spacial score (nSPS) is 11.3. The standard InChI is InChI=1S/C12H13NO5S3/c1-17-10-9(11(14)18-2)7-20-12(10)21(15,16)13-6-8-4-3-5-19-8/h3-5,7,13H,6H2,1-2H3. The lowest BCUT2D eigenvalue weighted by Gasteiger charge is -2.07. The van der Waals surface area contributed by atoms with Crippen LogP contribution in [0.4, 0.5) is 0 Å². The molecule has 1 N–H and O–H groups in total. The smallest absolute Gasteiger partial charge is 0.342 e. The molecule has 0 unspecified atom stereocenters. The van der Waals surface area contributed by atoms with Crippen molar-refractivity contribution in [1.29, 1.82) is 0 Å². The van der Waals surface area contributed by atoms with Gasteiger partial charge < -0.3 is 9.47 Å². The van der Waals surface area contributed by atoms with Gasteiger partial charge in [0.15, 0.2) is 9.96 Å². The van der Waals surface area contributed by atoms with Gasteiger partial charge in [0.1, 0.15) is 5.56 Å². The van der Waals surface area contributed by atoms with Crippen molar-refractivity contribution < 1.29 is 22.7 Å². The summed E-state index contributed by atoms with van der Waals surface area (Å²) >= 11 is 2.37. The molecule has 6 nitrogen and oxygen atoms in total. The first-order valence-electron chi connectivity index (χ1n) is 5.75. The fourth-order valence-corrected chi connectivity index (χ4v) is 4.81. The molecule has 114 valence electrons. The van der Waals surface area contributed by atoms with Crippen LogP contribution in [-0.4, -0.2) is 28.6 Å². The van der Waals surface area contributed by atoms with Gasteiger partial charge in [0, 0.05) is 16.8 Å². The van der Waals surface area contributed by atoms with Gasteiger partial charge in [-0.1, -0.05) is 6.07 Å². The quantitative estimate of drug-likeness (QED) is 0.809. The summed E-state index contributed by atoms with van der Waals surface area (Å²) < 4.78 is 36.7. The minimum absolute atomic E-state index is 0.00512. The van der Waals surface area contributed by atoms with Crippen LogP contribution < -0.4 is 9.46 Å². The van der Waals surface area contributed by atoms with Gasteiger partial charge in [-0.05, 0) is 11.4 Å². The van der Waals surface area contributed by atoms with Crippen LogP contribution in [-0.2, 0) is 21.3 Å². The Hall–Kier alpha value is -1.42. The Kier molecular flexibility index (Phi) is 4.99. The average Bonchev–Trinajstić information content (AvgIpc) is 3.13. The van der Waals surface area contributed by atoms with Crippen LogP contribution in [0.3, 0.4) is 0 Å². The van der Waals surface area contributed by atoms with E-state index in [-0.39, 0.29) is 22.1 Å². The Labute approximate surface area is 130 Å². The molecule has 2 heterocycles. The van der Waals surface area contributed by atoms with Crippen molar-refractivity contribution in [2.75, 3.05) is 14.2 Å². The summed E-state index contributed by atoms with van der Waals surface area (Å²) in [5.74, 6) is -0.631. The lowest BCUT2D eigenvalue weighted by atomic mass is 10.3. The van der Waals surface area contributed by atoms with E-state index in [1.54, 1.807) is 0 Å². The zero-order valence-corrected chi connectivity index (χ0v) is 13.7. The first-order valence-corrected chi connectivity index (χ1v) is 8.99. The van der Waals surface area contributed by atoms with Crippen LogP contribution in [0.5, 0.6) is 5.75 Å². The second-order valence-corrected chi connectivity index (χ2v) is 7.74. The number of hydrogen-bond acceptors (Lipinski definition) is 7. The van der Waals surface area contributed by atoms with Gasteiger partial charge in [0.25, 0.3) is 10.0 Å². The number of esters is 1. The molecule has 2 aromatic rings. The summed E-state index contributed by atoms with van der Waals surface area (Å²) in [6.45, 7) is 0.189. The van der Waals surface area contributed by atoms with E-state index < -0.39 is 16.0 Å². The van der Waals surface area contributed by atoms with E-state index >= 15 is 0 Å². The Bertz CT molecular complexity index is 718. The molecule has 0 bridgehead atoms. The fourth-order valence-electron chi connectivity index (χ4n) is 1.60. The first kappa shape index (κ1) is 16.0. The van der Waals surface area contributed by atoms with Gasteiger partial charge in [-0.15, -0.1) is 22.7 Å². The lowest BCUT2D eigenvalue weighted by molar-refractivity contribution is 0.0597. The van der Waals surface area contributed by atoms with E-state index in [9.17, 15) is 13.2 Å². The molecule has 0 amide bonds. The number of carbonyl (C=O) groups is 1. The number of carbonyl (C=O) groups excluding carboxylic acids is 1. The molecule has 0 aliphatic rings. The second kappa shape index (κ2) is 6.56. The number of nitrogens with one attached hydrogen (secondary N) is 1. The number of hydrogen-bond donors (Lipinski definition) is 1. The molecule has 0 aliphatic heterocycles. The molecular formula is C12H13NO5S3. The van der Waals surface area contributed by atoms with E-state index in [0.29, 0.717) is 0 Å². The molecule has 2 rings (SSSR count). The number of rotatable bonds is 6. The molecule has 0 aliphatic carbocycles. The lowest BCUT2D eigenvalue weighted by Crippen LogP contribution is -2.22. The average molecular weight is 347 g/mol. The molecule has 0 spiro atoms. The number of thiophene rings is 2. The maximum Gasteiger partial charge on any atom is 0.342 e. The van der Waals surface area contributed by atoms with Crippen molar-refractivity contribution in [3.63, 3.8) is 0 Å². The maximum absolute atomic E-state index is 12.3. The third kappa shape index (κ3) is 3.43. The van der Waals surface area contributed by atoms with Crippen LogP contribution in [0.15, 0.2) is 27.1 Å². The molecule has 0 fully saturated rings. The molecule has 0 saturated heterocycles. The van der Waals surface area contributed by atoms with Gasteiger partial charge in [-0.25, -0.2) is 17.9 Å². The predicted octanol–water partition coefficient (Wildman–Crippen LogP) is 2.08. The Morgan fingerprint density at radius 3 is 2.67 bits per heavy atom. The molecule has 0 radical (unpaired) electrons. The third-order valence-corrected chi connectivity index (χ3v) is 6.36. The van der Waals surface area contributed by atoms with Crippen LogP contribution in [0, 0.1) is 0 Å². The van der Waals surface area contributed by atoms with E-state index in [1.807, 2.05) is 17.5 Å². The van der Waals surface area contributed by atoms with Crippen molar-refractivity contribution in [2.24, 2.45) is 0 Å². The SMILES string of the molecule is COC(=O)c1csc(S(=O)(=O)NCc2cccs2)c1OC.